The van der Waals surface area contributed by atoms with Gasteiger partial charge in [0.1, 0.15) is 66.2 Å². The summed E-state index contributed by atoms with van der Waals surface area (Å²) < 4.78 is 0. The van der Waals surface area contributed by atoms with E-state index in [-0.39, 0.29) is 118 Å². The molecule has 12 amide bonds. The van der Waals surface area contributed by atoms with Crippen LogP contribution in [0.1, 0.15) is 129 Å². The van der Waals surface area contributed by atoms with Crippen molar-refractivity contribution >= 4 is 112 Å². The van der Waals surface area contributed by atoms with Crippen LogP contribution in [0.2, 0.25) is 0 Å². The smallest absolute Gasteiger partial charge is 0.326 e. The maximum atomic E-state index is 14.7. The highest BCUT2D eigenvalue weighted by atomic mass is 32.2. The second-order valence-electron chi connectivity index (χ2n) is 25.2. The second-order valence-corrected chi connectivity index (χ2v) is 26.2. The van der Waals surface area contributed by atoms with Gasteiger partial charge in [0, 0.05) is 57.1 Å². The molecule has 1 heterocycles. The van der Waals surface area contributed by atoms with E-state index in [1.165, 1.54) is 48.6 Å². The van der Waals surface area contributed by atoms with Gasteiger partial charge in [-0.3, -0.25) is 77.1 Å². The van der Waals surface area contributed by atoms with Crippen molar-refractivity contribution < 1.29 is 92.3 Å². The van der Waals surface area contributed by atoms with Crippen LogP contribution >= 0.6 is 11.8 Å². The maximum Gasteiger partial charge on any atom is 0.326 e. The lowest BCUT2D eigenvalue weighted by Crippen LogP contribution is -2.61. The van der Waals surface area contributed by atoms with Crippen LogP contribution in [0.15, 0.2) is 46.8 Å². The molecule has 29 N–H and O–H groups in total. The zero-order chi connectivity index (χ0) is 78.3. The predicted octanol–water partition coefficient (Wildman–Crippen LogP) is -6.02. The number of guanidine groups is 2. The lowest BCUT2D eigenvalue weighted by molar-refractivity contribution is -0.144. The Balaban J connectivity index is 2.67. The van der Waals surface area contributed by atoms with Crippen molar-refractivity contribution in [2.45, 2.75) is 197 Å². The van der Waals surface area contributed by atoms with Crippen molar-refractivity contribution in [3.63, 3.8) is 0 Å². The molecule has 104 heavy (non-hydrogen) atoms. The minimum absolute atomic E-state index is 0.0189. The first kappa shape index (κ1) is 89.2. The van der Waals surface area contributed by atoms with Gasteiger partial charge < -0.3 is 119 Å². The molecule has 40 nitrogen and oxygen atoms in total. The summed E-state index contributed by atoms with van der Waals surface area (Å²) >= 11 is 1.31. The number of nitrogens with zero attached hydrogens (tertiary/aromatic N) is 3. The molecule has 41 heteroatoms. The number of carbonyl (C=O) groups excluding carboxylic acids is 12. The summed E-state index contributed by atoms with van der Waals surface area (Å²) in [6.07, 6.45) is -1.04. The maximum absolute atomic E-state index is 14.7. The molecule has 11 atom stereocenters. The highest BCUT2D eigenvalue weighted by Crippen LogP contribution is 2.16. The summed E-state index contributed by atoms with van der Waals surface area (Å²) in [4.78, 5) is 217. The van der Waals surface area contributed by atoms with Gasteiger partial charge in [0.15, 0.2) is 11.9 Å². The van der Waals surface area contributed by atoms with E-state index in [0.717, 1.165) is 0 Å². The molecule has 1 aromatic carbocycles. The zero-order valence-corrected chi connectivity index (χ0v) is 59.4. The van der Waals surface area contributed by atoms with Crippen molar-refractivity contribution in [1.82, 2.24) is 63.1 Å². The number of H-pyrrole nitrogens is 1. The van der Waals surface area contributed by atoms with E-state index in [2.05, 4.69) is 73.1 Å². The van der Waals surface area contributed by atoms with E-state index in [9.17, 15) is 92.3 Å². The number of aromatic amines is 1. The molecule has 2 aromatic rings. The number of imidazole rings is 1. The molecule has 0 aliphatic carbocycles. The number of rotatable bonds is 51. The van der Waals surface area contributed by atoms with Crippen molar-refractivity contribution in [2.24, 2.45) is 62.0 Å². The van der Waals surface area contributed by atoms with Crippen LogP contribution in [0.3, 0.4) is 0 Å². The quantitative estimate of drug-likeness (QED) is 0.0167. The van der Waals surface area contributed by atoms with Gasteiger partial charge in [-0.2, -0.15) is 11.8 Å². The second kappa shape index (κ2) is 46.6. The monoisotopic (exact) mass is 1490 g/mol. The number of aromatic hydroxyl groups is 1. The van der Waals surface area contributed by atoms with E-state index >= 15 is 0 Å². The van der Waals surface area contributed by atoms with Gasteiger partial charge >= 0.3 is 17.9 Å². The van der Waals surface area contributed by atoms with Crippen LogP contribution in [0, 0.1) is 11.8 Å². The molecule has 0 bridgehead atoms. The number of carbonyl (C=O) groups is 15. The minimum Gasteiger partial charge on any atom is -0.508 e. The number of hydrogen-bond acceptors (Lipinski definition) is 21. The highest BCUT2D eigenvalue weighted by Gasteiger charge is 2.38. The number of phenolic OH excluding ortho intramolecular Hbond substituents is 1. The van der Waals surface area contributed by atoms with Gasteiger partial charge in [-0.1, -0.05) is 39.8 Å². The first-order chi connectivity index (χ1) is 48.9. The molecule has 0 unspecified atom stereocenters. The van der Waals surface area contributed by atoms with Crippen LogP contribution in [0.5, 0.6) is 5.75 Å². The summed E-state index contributed by atoms with van der Waals surface area (Å²) in [7, 11) is 0. The number of phenols is 1. The first-order valence-corrected chi connectivity index (χ1v) is 34.7. The number of aromatic nitrogens is 2. The Morgan fingerprint density at radius 1 is 0.462 bits per heavy atom. The normalized spacial score (nSPS) is 14.2. The highest BCUT2D eigenvalue weighted by molar-refractivity contribution is 7.98. The number of primary amides is 2. The number of nitrogens with one attached hydrogen (secondary N) is 11. The summed E-state index contributed by atoms with van der Waals surface area (Å²) in [5.41, 5.74) is 39.4. The fraction of sp³-hybridized carbons (Fsp3) is 0.587. The Labute approximate surface area is 603 Å². The molecule has 2 rings (SSSR count). The third kappa shape index (κ3) is 36.1. The topological polar surface area (TPSA) is 693 Å². The number of carboxylic acids is 3. The van der Waals surface area contributed by atoms with Crippen molar-refractivity contribution in [2.75, 3.05) is 25.1 Å². The number of thioether (sulfide) groups is 1. The summed E-state index contributed by atoms with van der Waals surface area (Å²) in [6.45, 7) is 6.62. The molecule has 0 radical (unpaired) electrons. The number of benzene rings is 1. The van der Waals surface area contributed by atoms with Crippen molar-refractivity contribution in [1.29, 1.82) is 0 Å². The van der Waals surface area contributed by atoms with Gasteiger partial charge in [0.2, 0.25) is 70.9 Å². The molecule has 0 saturated carbocycles. The van der Waals surface area contributed by atoms with E-state index in [1.54, 1.807) is 34.0 Å². The zero-order valence-electron chi connectivity index (χ0n) is 58.6. The Bertz CT molecular complexity index is 3300. The van der Waals surface area contributed by atoms with Crippen LogP contribution in [-0.4, -0.2) is 223 Å². The predicted molar refractivity (Wildman–Crippen MR) is 377 cm³/mol. The number of carboxylic acid groups (broad SMARTS) is 3. The average molecular weight is 1490 g/mol. The fourth-order valence-corrected chi connectivity index (χ4v) is 10.5. The molecular weight excluding hydrogens is 1390 g/mol. The Morgan fingerprint density at radius 3 is 1.26 bits per heavy atom. The summed E-state index contributed by atoms with van der Waals surface area (Å²) in [6, 6.07) is -12.5. The Hall–Kier alpha value is -10.9. The molecule has 0 aliphatic heterocycles. The summed E-state index contributed by atoms with van der Waals surface area (Å²) in [5, 5.41) is 63.9. The standard InChI is InChI=1S/C63H101N21O19S/c1-31(2)24-42(80-59(100)44(27-34-29-71-30-74-34)82-56(97)41(20-23-104-5)79-52(93)37(8-6-21-72-62(67)68)75-51(92)36(64)14-17-47(65)86)57(98)76-38(9-7-22-73-63(69)70)53(94)77-39(15-18-48(66)87)54(95)81-43(26-33-10-12-35(85)13-11-33)58(99)78-40(16-19-49(88)89)55(96)83-45(28-50(90)91)60(101)84-46(61(102)103)25-32(3)4/h10-13,29-32,36-46,85H,6-9,14-28,64H2,1-5H3,(H2,65,86)(H2,66,87)(H,71,74)(H,75,92)(H,76,98)(H,77,94)(H,78,99)(H,79,93)(H,80,100)(H,81,95)(H,82,97)(H,83,96)(H,84,101)(H,88,89)(H,90,91)(H,102,103)(H4,67,68,72)(H4,69,70,73)/t36-,37-,38-,39-,40-,41-,42-,43-,44-,45-,46-/m0/s1. The number of nitrogens with two attached hydrogens (primary N) is 7. The van der Waals surface area contributed by atoms with Crippen molar-refractivity contribution in [3.8, 4) is 5.75 Å². The largest absolute Gasteiger partial charge is 0.508 e. The third-order valence-corrected chi connectivity index (χ3v) is 16.0. The Morgan fingerprint density at radius 2 is 0.837 bits per heavy atom. The number of hydrogen-bond donors (Lipinski definition) is 22. The van der Waals surface area contributed by atoms with Gasteiger partial charge in [-0.15, -0.1) is 0 Å². The molecule has 0 spiro atoms. The van der Waals surface area contributed by atoms with Crippen LogP contribution < -0.4 is 93.3 Å². The van der Waals surface area contributed by atoms with Crippen LogP contribution in [-0.2, 0) is 84.8 Å². The first-order valence-electron chi connectivity index (χ1n) is 33.3. The lowest BCUT2D eigenvalue weighted by atomic mass is 10.0. The van der Waals surface area contributed by atoms with Gasteiger partial charge in [-0.05, 0) is 106 Å². The van der Waals surface area contributed by atoms with Gasteiger partial charge in [0.05, 0.1) is 18.8 Å². The summed E-state index contributed by atoms with van der Waals surface area (Å²) in [5.74, 6) is -18.0. The minimum atomic E-state index is -1.98. The number of aliphatic imine (C=N–C) groups is 2. The average Bonchev–Trinajstić information content (AvgIpc) is 0.938. The van der Waals surface area contributed by atoms with E-state index in [1.807, 2.05) is 0 Å². The van der Waals surface area contributed by atoms with Crippen LogP contribution in [0.25, 0.3) is 0 Å². The third-order valence-electron chi connectivity index (χ3n) is 15.3. The molecule has 0 fully saturated rings. The van der Waals surface area contributed by atoms with Crippen molar-refractivity contribution in [3.05, 3.63) is 48.0 Å². The molecular formula is C63H101N21O19S. The Kier molecular flexibility index (Phi) is 40.0. The van der Waals surface area contributed by atoms with E-state index in [4.69, 9.17) is 40.1 Å². The number of aliphatic carboxylic acids is 3. The SMILES string of the molecule is CSCC[C@H](NC(=O)[C@H](CCCN=C(N)N)NC(=O)[C@@H](N)CCC(N)=O)C(=O)N[C@@H](Cc1cnc[nH]1)C(=O)N[C@@H](CC(C)C)C(=O)N[C@@H](CCCN=C(N)N)C(=O)N[C@@H](CCC(N)=O)C(=O)N[C@@H](Cc1ccc(O)cc1)C(=O)N[C@@H](CCC(=O)O)C(=O)N[C@@H](CC(=O)O)C(=O)N[C@@H](CC(C)C)C(=O)O. The van der Waals surface area contributed by atoms with E-state index in [0.29, 0.717) is 5.69 Å². The van der Waals surface area contributed by atoms with E-state index < -0.39 is 194 Å². The van der Waals surface area contributed by atoms with Gasteiger partial charge in [0.25, 0.3) is 0 Å². The molecule has 578 valence electrons. The molecule has 1 aromatic heterocycles. The number of amides is 12. The molecule has 0 aliphatic rings. The van der Waals surface area contributed by atoms with Crippen LogP contribution in [0.4, 0.5) is 0 Å². The fourth-order valence-electron chi connectivity index (χ4n) is 9.98. The lowest BCUT2D eigenvalue weighted by Gasteiger charge is -2.29. The molecule has 0 saturated heterocycles. The van der Waals surface area contributed by atoms with Gasteiger partial charge in [-0.25, -0.2) is 9.78 Å².